The lowest BCUT2D eigenvalue weighted by molar-refractivity contribution is 0.00157. The molecule has 2 aromatic heterocycles. The second-order valence-electron chi connectivity index (χ2n) is 6.85. The molecule has 0 radical (unpaired) electrons. The number of hydrogen-bond donors (Lipinski definition) is 1. The van der Waals surface area contributed by atoms with Gasteiger partial charge in [0.25, 0.3) is 0 Å². The molecule has 3 rings (SSSR count). The van der Waals surface area contributed by atoms with Crippen LogP contribution in [0.25, 0.3) is 4.96 Å². The Bertz CT molecular complexity index is 580. The summed E-state index contributed by atoms with van der Waals surface area (Å²) in [6.07, 6.45) is 6.62. The summed E-state index contributed by atoms with van der Waals surface area (Å²) < 4.78 is 2.13. The van der Waals surface area contributed by atoms with E-state index in [4.69, 9.17) is 4.98 Å². The van der Waals surface area contributed by atoms with E-state index in [0.29, 0.717) is 0 Å². The average molecular weight is 306 g/mol. The molecule has 1 N–H and O–H groups in total. The van der Waals surface area contributed by atoms with E-state index in [1.54, 1.807) is 11.3 Å². The average Bonchev–Trinajstić information content (AvgIpc) is 3.00. The predicted octanol–water partition coefficient (Wildman–Crippen LogP) is 3.14. The van der Waals surface area contributed by atoms with E-state index in [2.05, 4.69) is 60.1 Å². The molecule has 2 aromatic rings. The van der Waals surface area contributed by atoms with Gasteiger partial charge in [0.15, 0.2) is 4.96 Å². The first-order valence-corrected chi connectivity index (χ1v) is 8.77. The van der Waals surface area contributed by atoms with E-state index < -0.39 is 0 Å². The Labute approximate surface area is 131 Å². The van der Waals surface area contributed by atoms with Crippen LogP contribution in [0.1, 0.15) is 46.2 Å². The van der Waals surface area contributed by atoms with Gasteiger partial charge in [-0.2, -0.15) is 0 Å². The molecular weight excluding hydrogens is 280 g/mol. The molecule has 0 aliphatic carbocycles. The number of nitrogens with zero attached hydrogens (tertiary/aromatic N) is 3. The lowest BCUT2D eigenvalue weighted by Gasteiger charge is -2.52. The molecule has 0 unspecified atom stereocenters. The quantitative estimate of drug-likeness (QED) is 0.942. The third kappa shape index (κ3) is 2.74. The van der Waals surface area contributed by atoms with Crippen LogP contribution in [0.3, 0.4) is 0 Å². The minimum absolute atomic E-state index is 0.172. The first-order chi connectivity index (χ1) is 9.98. The van der Waals surface area contributed by atoms with Crippen molar-refractivity contribution in [3.8, 4) is 0 Å². The zero-order valence-electron chi connectivity index (χ0n) is 13.5. The van der Waals surface area contributed by atoms with Crippen molar-refractivity contribution in [2.45, 2.75) is 58.2 Å². The number of imidazole rings is 1. The standard InChI is InChI=1S/C16H26N4S/c1-5-16(6-2)11-17-15(3,4)12-20(16)10-13-9-19-7-8-21-14(19)18-13/h7-9,17H,5-6,10-12H2,1-4H3. The largest absolute Gasteiger partial charge is 0.309 e. The maximum absolute atomic E-state index is 4.77. The molecular formula is C16H26N4S. The maximum atomic E-state index is 4.77. The zero-order chi connectivity index (χ0) is 15.1. The minimum Gasteiger partial charge on any atom is -0.309 e. The monoisotopic (exact) mass is 306 g/mol. The van der Waals surface area contributed by atoms with Crippen LogP contribution >= 0.6 is 11.3 Å². The minimum atomic E-state index is 0.172. The number of nitrogens with one attached hydrogen (secondary N) is 1. The van der Waals surface area contributed by atoms with Crippen LogP contribution in [-0.2, 0) is 6.54 Å². The SMILES string of the molecule is CCC1(CC)CNC(C)(C)CN1Cc1cn2ccsc2n1. The highest BCUT2D eigenvalue weighted by molar-refractivity contribution is 7.15. The molecule has 116 valence electrons. The molecule has 4 nitrogen and oxygen atoms in total. The highest BCUT2D eigenvalue weighted by Gasteiger charge is 2.41. The molecule has 1 aliphatic rings. The van der Waals surface area contributed by atoms with Crippen LogP contribution in [-0.4, -0.2) is 38.5 Å². The fraction of sp³-hybridized carbons (Fsp3) is 0.688. The Morgan fingerprint density at radius 3 is 2.76 bits per heavy atom. The van der Waals surface area contributed by atoms with E-state index >= 15 is 0 Å². The smallest absolute Gasteiger partial charge is 0.193 e. The van der Waals surface area contributed by atoms with Crippen molar-refractivity contribution in [1.29, 1.82) is 0 Å². The molecule has 0 amide bonds. The van der Waals surface area contributed by atoms with Gasteiger partial charge < -0.3 is 5.32 Å². The second kappa shape index (κ2) is 5.38. The molecule has 1 fully saturated rings. The van der Waals surface area contributed by atoms with Crippen molar-refractivity contribution in [1.82, 2.24) is 19.6 Å². The van der Waals surface area contributed by atoms with Crippen LogP contribution in [0, 0.1) is 0 Å². The highest BCUT2D eigenvalue weighted by Crippen LogP contribution is 2.31. The Kier molecular flexibility index (Phi) is 3.84. The summed E-state index contributed by atoms with van der Waals surface area (Å²) in [5, 5.41) is 5.81. The van der Waals surface area contributed by atoms with Gasteiger partial charge in [0, 0.05) is 48.5 Å². The maximum Gasteiger partial charge on any atom is 0.193 e. The fourth-order valence-electron chi connectivity index (χ4n) is 3.43. The number of thiazole rings is 1. The van der Waals surface area contributed by atoms with Gasteiger partial charge in [-0.1, -0.05) is 13.8 Å². The molecule has 3 heterocycles. The topological polar surface area (TPSA) is 32.6 Å². The zero-order valence-corrected chi connectivity index (χ0v) is 14.3. The van der Waals surface area contributed by atoms with Gasteiger partial charge in [0.2, 0.25) is 0 Å². The Morgan fingerprint density at radius 2 is 2.10 bits per heavy atom. The van der Waals surface area contributed by atoms with Crippen molar-refractivity contribution in [2.75, 3.05) is 13.1 Å². The van der Waals surface area contributed by atoms with Crippen LogP contribution in [0.5, 0.6) is 0 Å². The molecule has 5 heteroatoms. The van der Waals surface area contributed by atoms with Crippen LogP contribution in [0.2, 0.25) is 0 Å². The molecule has 1 saturated heterocycles. The molecule has 21 heavy (non-hydrogen) atoms. The van der Waals surface area contributed by atoms with Crippen molar-refractivity contribution >= 4 is 16.3 Å². The van der Waals surface area contributed by atoms with Gasteiger partial charge in [0.05, 0.1) is 5.69 Å². The molecule has 0 atom stereocenters. The number of hydrogen-bond acceptors (Lipinski definition) is 4. The van der Waals surface area contributed by atoms with Gasteiger partial charge in [0.1, 0.15) is 0 Å². The summed E-state index contributed by atoms with van der Waals surface area (Å²) in [5.41, 5.74) is 1.61. The van der Waals surface area contributed by atoms with Gasteiger partial charge in [-0.25, -0.2) is 4.98 Å². The molecule has 0 bridgehead atoms. The second-order valence-corrected chi connectivity index (χ2v) is 7.72. The summed E-state index contributed by atoms with van der Waals surface area (Å²) in [6.45, 7) is 12.3. The third-order valence-corrected chi connectivity index (χ3v) is 5.74. The molecule has 0 aromatic carbocycles. The Morgan fingerprint density at radius 1 is 1.33 bits per heavy atom. The summed E-state index contributed by atoms with van der Waals surface area (Å²) in [6, 6.07) is 0. The number of fused-ring (bicyclic) bond motifs is 1. The van der Waals surface area contributed by atoms with Crippen LogP contribution in [0.4, 0.5) is 0 Å². The summed E-state index contributed by atoms with van der Waals surface area (Å²) in [5.74, 6) is 0. The number of aromatic nitrogens is 2. The molecule has 1 aliphatic heterocycles. The third-order valence-electron chi connectivity index (χ3n) is 4.97. The van der Waals surface area contributed by atoms with Crippen LogP contribution < -0.4 is 5.32 Å². The Balaban J connectivity index is 1.86. The summed E-state index contributed by atoms with van der Waals surface area (Å²) in [4.78, 5) is 8.51. The van der Waals surface area contributed by atoms with Gasteiger partial charge in [-0.3, -0.25) is 9.30 Å². The van der Waals surface area contributed by atoms with Crippen molar-refractivity contribution in [2.24, 2.45) is 0 Å². The van der Waals surface area contributed by atoms with E-state index in [1.165, 1.54) is 18.5 Å². The lowest BCUT2D eigenvalue weighted by Crippen LogP contribution is -2.67. The molecule has 0 saturated carbocycles. The van der Waals surface area contributed by atoms with Crippen molar-refractivity contribution < 1.29 is 0 Å². The van der Waals surface area contributed by atoms with E-state index in [0.717, 1.165) is 24.6 Å². The Hall–Kier alpha value is -0.910. The first-order valence-electron chi connectivity index (χ1n) is 7.89. The predicted molar refractivity (Wildman–Crippen MR) is 88.9 cm³/mol. The van der Waals surface area contributed by atoms with Crippen LogP contribution in [0.15, 0.2) is 17.8 Å². The van der Waals surface area contributed by atoms with E-state index in [1.807, 2.05) is 0 Å². The number of rotatable bonds is 4. The van der Waals surface area contributed by atoms with Gasteiger partial charge in [-0.05, 0) is 26.7 Å². The first kappa shape index (κ1) is 15.0. The highest BCUT2D eigenvalue weighted by atomic mass is 32.1. The fourth-order valence-corrected chi connectivity index (χ4v) is 4.15. The van der Waals surface area contributed by atoms with Crippen molar-refractivity contribution in [3.05, 3.63) is 23.5 Å². The van der Waals surface area contributed by atoms with E-state index in [9.17, 15) is 0 Å². The lowest BCUT2D eigenvalue weighted by atomic mass is 9.84. The molecule has 0 spiro atoms. The summed E-state index contributed by atoms with van der Waals surface area (Å²) >= 11 is 1.70. The van der Waals surface area contributed by atoms with E-state index in [-0.39, 0.29) is 11.1 Å². The van der Waals surface area contributed by atoms with Gasteiger partial charge in [-0.15, -0.1) is 11.3 Å². The normalized spacial score (nSPS) is 21.9. The van der Waals surface area contributed by atoms with Gasteiger partial charge >= 0.3 is 0 Å². The number of piperazine rings is 1. The summed E-state index contributed by atoms with van der Waals surface area (Å²) in [7, 11) is 0. The van der Waals surface area contributed by atoms with Crippen molar-refractivity contribution in [3.63, 3.8) is 0 Å².